The van der Waals surface area contributed by atoms with E-state index in [1.165, 1.54) is 12.1 Å². The van der Waals surface area contributed by atoms with Crippen molar-refractivity contribution < 1.29 is 13.2 Å². The molecule has 0 fully saturated rings. The maximum Gasteiger partial charge on any atom is 0.289 e. The Morgan fingerprint density at radius 1 is 1.19 bits per heavy atom. The van der Waals surface area contributed by atoms with Gasteiger partial charge in [-0.2, -0.15) is 8.42 Å². The summed E-state index contributed by atoms with van der Waals surface area (Å²) >= 11 is 16.5. The fourth-order valence-corrected chi connectivity index (χ4v) is 2.64. The number of hydrogen-bond donors (Lipinski definition) is 0. The Bertz CT molecular complexity index is 562. The molecule has 1 aliphatic heterocycles. The van der Waals surface area contributed by atoms with E-state index in [9.17, 15) is 8.42 Å². The smallest absolute Gasteiger partial charge is 0.289 e. The Kier molecular flexibility index (Phi) is 2.82. The normalized spacial score (nSPS) is 18.3. The summed E-state index contributed by atoms with van der Waals surface area (Å²) < 4.78 is 29.8. The van der Waals surface area contributed by atoms with Crippen molar-refractivity contribution in [2.24, 2.45) is 4.40 Å². The van der Waals surface area contributed by atoms with E-state index >= 15 is 0 Å². The maximum absolute atomic E-state index is 11.7. The van der Waals surface area contributed by atoms with Gasteiger partial charge in [-0.1, -0.05) is 46.9 Å². The van der Waals surface area contributed by atoms with Gasteiger partial charge in [0.05, 0.1) is 0 Å². The number of rotatable bonds is 0. The molecule has 1 heterocycles. The lowest BCUT2D eigenvalue weighted by molar-refractivity contribution is 0.509. The lowest BCUT2D eigenvalue weighted by Gasteiger charge is -2.20. The number of para-hydroxylation sites is 1. The van der Waals surface area contributed by atoms with Crippen molar-refractivity contribution in [1.82, 2.24) is 0 Å². The highest BCUT2D eigenvalue weighted by atomic mass is 35.6. The van der Waals surface area contributed by atoms with Crippen LogP contribution in [0.2, 0.25) is 0 Å². The molecule has 4 nitrogen and oxygen atoms in total. The molecule has 8 heteroatoms. The van der Waals surface area contributed by atoms with Gasteiger partial charge in [0.25, 0.3) is 19.7 Å². The van der Waals surface area contributed by atoms with E-state index < -0.39 is 19.7 Å². The minimum absolute atomic E-state index is 0.0481. The number of alkyl halides is 3. The van der Waals surface area contributed by atoms with E-state index in [0.717, 1.165) is 0 Å². The Labute approximate surface area is 107 Å². The summed E-state index contributed by atoms with van der Waals surface area (Å²) in [5, 5.41) is 0. The average molecular weight is 301 g/mol. The molecule has 0 saturated carbocycles. The molecule has 1 aromatic carbocycles. The zero-order chi connectivity index (χ0) is 12.0. The first-order valence-electron chi connectivity index (χ1n) is 4.00. The molecule has 0 N–H and O–H groups in total. The van der Waals surface area contributed by atoms with Crippen LogP contribution in [0.3, 0.4) is 0 Å². The van der Waals surface area contributed by atoms with Crippen LogP contribution in [0, 0.1) is 0 Å². The van der Waals surface area contributed by atoms with E-state index in [1.54, 1.807) is 12.1 Å². The average Bonchev–Trinajstić information content (AvgIpc) is 2.15. The molecule has 0 aromatic heterocycles. The van der Waals surface area contributed by atoms with Gasteiger partial charge in [-0.3, -0.25) is 0 Å². The highest BCUT2D eigenvalue weighted by Gasteiger charge is 2.37. The maximum atomic E-state index is 11.7. The molecule has 1 aliphatic rings. The number of fused-ring (bicyclic) bond motifs is 1. The van der Waals surface area contributed by atoms with Gasteiger partial charge in [0.15, 0.2) is 0 Å². The van der Waals surface area contributed by atoms with Gasteiger partial charge in [0.1, 0.15) is 10.6 Å². The fraction of sp³-hybridized carbons (Fsp3) is 0.125. The predicted octanol–water partition coefficient (Wildman–Crippen LogP) is 2.54. The van der Waals surface area contributed by atoms with Gasteiger partial charge < -0.3 is 4.74 Å². The zero-order valence-electron chi connectivity index (χ0n) is 7.52. The van der Waals surface area contributed by atoms with Crippen LogP contribution in [0.1, 0.15) is 0 Å². The van der Waals surface area contributed by atoms with Crippen LogP contribution in [0.4, 0.5) is 0 Å². The molecule has 16 heavy (non-hydrogen) atoms. The Balaban J connectivity index is 2.61. The first-order chi connectivity index (χ1) is 7.31. The van der Waals surface area contributed by atoms with Crippen LogP contribution >= 0.6 is 34.8 Å². The summed E-state index contributed by atoms with van der Waals surface area (Å²) in [7, 11) is -3.86. The van der Waals surface area contributed by atoms with Crippen molar-refractivity contribution in [2.75, 3.05) is 0 Å². The lowest BCUT2D eigenvalue weighted by atomic mass is 10.3. The summed E-state index contributed by atoms with van der Waals surface area (Å²) in [6.45, 7) is 0. The molecule has 0 unspecified atom stereocenters. The fourth-order valence-electron chi connectivity index (χ4n) is 1.14. The molecule has 0 radical (unpaired) electrons. The summed E-state index contributed by atoms with van der Waals surface area (Å²) in [5.74, 6) is -0.380. The SMILES string of the molecule is O=S1(=O)N=C(C(Cl)(Cl)Cl)Oc2ccccc21. The second kappa shape index (κ2) is 3.77. The van der Waals surface area contributed by atoms with E-state index in [2.05, 4.69) is 4.40 Å². The number of halogens is 3. The Morgan fingerprint density at radius 3 is 2.44 bits per heavy atom. The van der Waals surface area contributed by atoms with E-state index in [0.29, 0.717) is 0 Å². The molecule has 0 aliphatic carbocycles. The lowest BCUT2D eigenvalue weighted by Crippen LogP contribution is -2.30. The summed E-state index contributed by atoms with van der Waals surface area (Å²) in [4.78, 5) is -0.0481. The van der Waals surface area contributed by atoms with Crippen LogP contribution in [-0.2, 0) is 10.0 Å². The minimum Gasteiger partial charge on any atom is -0.437 e. The first-order valence-corrected chi connectivity index (χ1v) is 6.57. The van der Waals surface area contributed by atoms with Crippen LogP contribution in [0.15, 0.2) is 33.6 Å². The Hall–Kier alpha value is -0.490. The summed E-state index contributed by atoms with van der Waals surface area (Å²) in [5.41, 5.74) is 0. The van der Waals surface area contributed by atoms with E-state index in [4.69, 9.17) is 39.5 Å². The van der Waals surface area contributed by atoms with Crippen molar-refractivity contribution in [3.63, 3.8) is 0 Å². The molecule has 86 valence electrons. The third-order valence-corrected chi connectivity index (χ3v) is 3.56. The zero-order valence-corrected chi connectivity index (χ0v) is 10.6. The number of hydrogen-bond acceptors (Lipinski definition) is 3. The van der Waals surface area contributed by atoms with Gasteiger partial charge in [-0.25, -0.2) is 0 Å². The van der Waals surface area contributed by atoms with Crippen molar-refractivity contribution in [3.05, 3.63) is 24.3 Å². The standard InChI is InChI=1S/C8H4Cl3NO3S/c9-8(10,11)7-12-16(13,14)6-4-2-1-3-5(6)15-7/h1-4H. The van der Waals surface area contributed by atoms with Gasteiger partial charge >= 0.3 is 0 Å². The summed E-state index contributed by atoms with van der Waals surface area (Å²) in [6.07, 6.45) is 0. The van der Waals surface area contributed by atoms with Crippen molar-refractivity contribution in [3.8, 4) is 5.75 Å². The second-order valence-corrected chi connectivity index (χ2v) is 6.77. The van der Waals surface area contributed by atoms with Crippen LogP contribution in [-0.4, -0.2) is 18.1 Å². The van der Waals surface area contributed by atoms with E-state index in [1.807, 2.05) is 0 Å². The molecular weight excluding hydrogens is 297 g/mol. The number of sulfonamides is 1. The number of benzene rings is 1. The van der Waals surface area contributed by atoms with E-state index in [-0.39, 0.29) is 10.6 Å². The van der Waals surface area contributed by atoms with Crippen LogP contribution in [0.25, 0.3) is 0 Å². The third kappa shape index (κ3) is 2.13. The van der Waals surface area contributed by atoms with Gasteiger partial charge in [0.2, 0.25) is 0 Å². The Morgan fingerprint density at radius 2 is 1.81 bits per heavy atom. The highest BCUT2D eigenvalue weighted by molar-refractivity contribution is 7.90. The molecule has 2 rings (SSSR count). The molecule has 0 bridgehead atoms. The van der Waals surface area contributed by atoms with Gasteiger partial charge in [0, 0.05) is 0 Å². The quantitative estimate of drug-likeness (QED) is 0.692. The molecular formula is C8H4Cl3NO3S. The highest BCUT2D eigenvalue weighted by Crippen LogP contribution is 2.36. The van der Waals surface area contributed by atoms with Crippen LogP contribution < -0.4 is 4.74 Å². The summed E-state index contributed by atoms with van der Waals surface area (Å²) in [6, 6.07) is 5.98. The largest absolute Gasteiger partial charge is 0.437 e. The van der Waals surface area contributed by atoms with Crippen molar-refractivity contribution in [2.45, 2.75) is 8.69 Å². The molecule has 0 spiro atoms. The number of ether oxygens (including phenoxy) is 1. The molecule has 1 aromatic rings. The topological polar surface area (TPSA) is 55.7 Å². The first kappa shape index (κ1) is 12.0. The van der Waals surface area contributed by atoms with Crippen molar-refractivity contribution in [1.29, 1.82) is 0 Å². The van der Waals surface area contributed by atoms with Crippen LogP contribution in [0.5, 0.6) is 5.75 Å². The minimum atomic E-state index is -3.86. The molecule has 0 atom stereocenters. The predicted molar refractivity (Wildman–Crippen MR) is 62.0 cm³/mol. The second-order valence-electron chi connectivity index (χ2n) is 2.92. The van der Waals surface area contributed by atoms with Gasteiger partial charge in [-0.15, -0.1) is 4.40 Å². The monoisotopic (exact) mass is 299 g/mol. The molecule has 0 amide bonds. The third-order valence-electron chi connectivity index (χ3n) is 1.78. The number of nitrogens with zero attached hydrogens (tertiary/aromatic N) is 1. The van der Waals surface area contributed by atoms with Gasteiger partial charge in [-0.05, 0) is 12.1 Å². The van der Waals surface area contributed by atoms with Crippen molar-refractivity contribution >= 4 is 50.7 Å². The molecule has 0 saturated heterocycles.